The standard InChI is InChI=1S/C14H15F2NO3/c15-14(16)20-11-3-1-10(2-4-11)7-17-8-12-5-6-13(9-18)19-12/h1-6,14,17-18H,7-9H2. The van der Waals surface area contributed by atoms with Gasteiger partial charge in [0.05, 0.1) is 6.54 Å². The minimum absolute atomic E-state index is 0.119. The Bertz CT molecular complexity index is 525. The van der Waals surface area contributed by atoms with E-state index in [9.17, 15) is 8.78 Å². The molecule has 0 aliphatic rings. The van der Waals surface area contributed by atoms with Crippen molar-refractivity contribution in [3.63, 3.8) is 0 Å². The summed E-state index contributed by atoms with van der Waals surface area (Å²) in [6.45, 7) is -1.83. The van der Waals surface area contributed by atoms with E-state index in [0.29, 0.717) is 18.8 Å². The fourth-order valence-corrected chi connectivity index (χ4v) is 1.72. The smallest absolute Gasteiger partial charge is 0.387 e. The maximum absolute atomic E-state index is 12.0. The number of benzene rings is 1. The van der Waals surface area contributed by atoms with Crippen LogP contribution < -0.4 is 10.1 Å². The van der Waals surface area contributed by atoms with E-state index in [-0.39, 0.29) is 12.4 Å². The molecule has 0 atom stereocenters. The minimum Gasteiger partial charge on any atom is -0.462 e. The van der Waals surface area contributed by atoms with Crippen molar-refractivity contribution in [3.8, 4) is 5.75 Å². The number of nitrogens with one attached hydrogen (secondary N) is 1. The molecule has 0 saturated heterocycles. The zero-order valence-corrected chi connectivity index (χ0v) is 10.7. The normalized spacial score (nSPS) is 11.0. The van der Waals surface area contributed by atoms with Crippen molar-refractivity contribution in [2.45, 2.75) is 26.3 Å². The van der Waals surface area contributed by atoms with E-state index in [0.717, 1.165) is 11.3 Å². The number of furan rings is 1. The molecule has 20 heavy (non-hydrogen) atoms. The molecule has 4 nitrogen and oxygen atoms in total. The summed E-state index contributed by atoms with van der Waals surface area (Å²) >= 11 is 0. The maximum atomic E-state index is 12.0. The van der Waals surface area contributed by atoms with E-state index in [2.05, 4.69) is 10.1 Å². The number of hydrogen-bond donors (Lipinski definition) is 2. The second kappa shape index (κ2) is 7.02. The molecule has 0 amide bonds. The van der Waals surface area contributed by atoms with E-state index >= 15 is 0 Å². The van der Waals surface area contributed by atoms with E-state index in [1.165, 1.54) is 12.1 Å². The highest BCUT2D eigenvalue weighted by molar-refractivity contribution is 5.27. The molecule has 0 fully saturated rings. The molecule has 0 aliphatic carbocycles. The average molecular weight is 283 g/mol. The van der Waals surface area contributed by atoms with Crippen LogP contribution in [0.15, 0.2) is 40.8 Å². The average Bonchev–Trinajstić information content (AvgIpc) is 2.88. The second-order valence-corrected chi connectivity index (χ2v) is 4.15. The number of aliphatic hydroxyl groups is 1. The van der Waals surface area contributed by atoms with Gasteiger partial charge in [-0.25, -0.2) is 0 Å². The predicted octanol–water partition coefficient (Wildman–Crippen LogP) is 2.66. The van der Waals surface area contributed by atoms with Gasteiger partial charge in [0.25, 0.3) is 0 Å². The Balaban J connectivity index is 1.79. The molecule has 0 saturated carbocycles. The van der Waals surface area contributed by atoms with Gasteiger partial charge in [-0.05, 0) is 29.8 Å². The highest BCUT2D eigenvalue weighted by Crippen LogP contribution is 2.15. The molecule has 0 bridgehead atoms. The lowest BCUT2D eigenvalue weighted by molar-refractivity contribution is -0.0498. The molecule has 6 heteroatoms. The van der Waals surface area contributed by atoms with Gasteiger partial charge in [0.15, 0.2) is 0 Å². The summed E-state index contributed by atoms with van der Waals surface area (Å²) in [6, 6.07) is 9.93. The van der Waals surface area contributed by atoms with Gasteiger partial charge in [-0.3, -0.25) is 0 Å². The summed E-state index contributed by atoms with van der Waals surface area (Å²) in [5, 5.41) is 12.0. The molecule has 0 unspecified atom stereocenters. The van der Waals surface area contributed by atoms with Crippen molar-refractivity contribution < 1.29 is 23.0 Å². The van der Waals surface area contributed by atoms with Gasteiger partial charge in [0.2, 0.25) is 0 Å². The first kappa shape index (κ1) is 14.5. The van der Waals surface area contributed by atoms with Crippen LogP contribution in [0.5, 0.6) is 5.75 Å². The van der Waals surface area contributed by atoms with Crippen LogP contribution in [0.1, 0.15) is 17.1 Å². The maximum Gasteiger partial charge on any atom is 0.387 e. The zero-order chi connectivity index (χ0) is 14.4. The number of ether oxygens (including phenoxy) is 1. The van der Waals surface area contributed by atoms with Gasteiger partial charge in [-0.15, -0.1) is 0 Å². The third kappa shape index (κ3) is 4.32. The Morgan fingerprint density at radius 2 is 1.75 bits per heavy atom. The van der Waals surface area contributed by atoms with E-state index < -0.39 is 6.61 Å². The first-order valence-corrected chi connectivity index (χ1v) is 6.10. The summed E-state index contributed by atoms with van der Waals surface area (Å²) in [5.41, 5.74) is 0.945. The SMILES string of the molecule is OCc1ccc(CNCc2ccc(OC(F)F)cc2)o1. The third-order valence-corrected chi connectivity index (χ3v) is 2.65. The summed E-state index contributed by atoms with van der Waals surface area (Å²) in [5.74, 6) is 1.39. The van der Waals surface area contributed by atoms with E-state index in [1.807, 2.05) is 0 Å². The monoisotopic (exact) mass is 283 g/mol. The van der Waals surface area contributed by atoms with Crippen LogP contribution in [-0.4, -0.2) is 11.7 Å². The highest BCUT2D eigenvalue weighted by Gasteiger charge is 2.04. The molecule has 0 aliphatic heterocycles. The van der Waals surface area contributed by atoms with Crippen molar-refractivity contribution >= 4 is 0 Å². The number of alkyl halides is 2. The number of aliphatic hydroxyl groups excluding tert-OH is 1. The van der Waals surface area contributed by atoms with Gasteiger partial charge >= 0.3 is 6.61 Å². The van der Waals surface area contributed by atoms with Crippen LogP contribution in [0, 0.1) is 0 Å². The number of hydrogen-bond acceptors (Lipinski definition) is 4. The van der Waals surface area contributed by atoms with Crippen LogP contribution in [0.4, 0.5) is 8.78 Å². The van der Waals surface area contributed by atoms with Crippen molar-refractivity contribution in [2.24, 2.45) is 0 Å². The van der Waals surface area contributed by atoms with E-state index in [4.69, 9.17) is 9.52 Å². The van der Waals surface area contributed by atoms with Gasteiger partial charge in [0.1, 0.15) is 23.9 Å². The van der Waals surface area contributed by atoms with Crippen LogP contribution in [0.3, 0.4) is 0 Å². The fourth-order valence-electron chi connectivity index (χ4n) is 1.72. The van der Waals surface area contributed by atoms with Crippen molar-refractivity contribution in [1.29, 1.82) is 0 Å². The summed E-state index contributed by atoms with van der Waals surface area (Å²) in [7, 11) is 0. The highest BCUT2D eigenvalue weighted by atomic mass is 19.3. The van der Waals surface area contributed by atoms with Crippen LogP contribution in [0.25, 0.3) is 0 Å². The largest absolute Gasteiger partial charge is 0.462 e. The lowest BCUT2D eigenvalue weighted by atomic mass is 10.2. The molecular formula is C14H15F2NO3. The van der Waals surface area contributed by atoms with Crippen molar-refractivity contribution in [2.75, 3.05) is 0 Å². The first-order valence-electron chi connectivity index (χ1n) is 6.10. The van der Waals surface area contributed by atoms with Crippen molar-refractivity contribution in [1.82, 2.24) is 5.32 Å². The molecule has 0 spiro atoms. The van der Waals surface area contributed by atoms with Gasteiger partial charge in [-0.2, -0.15) is 8.78 Å². The summed E-state index contributed by atoms with van der Waals surface area (Å²) < 4.78 is 33.5. The Hall–Kier alpha value is -1.92. The fraction of sp³-hybridized carbons (Fsp3) is 0.286. The molecule has 1 aromatic heterocycles. The predicted molar refractivity (Wildman–Crippen MR) is 68.2 cm³/mol. The number of halogens is 2. The summed E-state index contributed by atoms with van der Waals surface area (Å²) in [6.07, 6.45) is 0. The van der Waals surface area contributed by atoms with Crippen molar-refractivity contribution in [3.05, 3.63) is 53.5 Å². The van der Waals surface area contributed by atoms with Crippen LogP contribution in [-0.2, 0) is 19.7 Å². The second-order valence-electron chi connectivity index (χ2n) is 4.15. The van der Waals surface area contributed by atoms with E-state index in [1.54, 1.807) is 24.3 Å². The minimum atomic E-state index is -2.81. The first-order chi connectivity index (χ1) is 9.67. The van der Waals surface area contributed by atoms with Gasteiger partial charge < -0.3 is 19.6 Å². The molecule has 108 valence electrons. The zero-order valence-electron chi connectivity index (χ0n) is 10.7. The van der Waals surface area contributed by atoms with Crippen LogP contribution >= 0.6 is 0 Å². The van der Waals surface area contributed by atoms with Gasteiger partial charge in [0, 0.05) is 6.54 Å². The lowest BCUT2D eigenvalue weighted by Gasteiger charge is -2.06. The number of rotatable bonds is 7. The Kier molecular flexibility index (Phi) is 5.09. The third-order valence-electron chi connectivity index (χ3n) is 2.65. The van der Waals surface area contributed by atoms with Crippen LogP contribution in [0.2, 0.25) is 0 Å². The van der Waals surface area contributed by atoms with Gasteiger partial charge in [-0.1, -0.05) is 12.1 Å². The molecule has 1 heterocycles. The summed E-state index contributed by atoms with van der Waals surface area (Å²) in [4.78, 5) is 0. The molecule has 2 N–H and O–H groups in total. The molecule has 1 aromatic carbocycles. The lowest BCUT2D eigenvalue weighted by Crippen LogP contribution is -2.12. The Labute approximate surface area is 115 Å². The molecular weight excluding hydrogens is 268 g/mol. The quantitative estimate of drug-likeness (QED) is 0.820. The topological polar surface area (TPSA) is 54.6 Å². The molecule has 0 radical (unpaired) electrons. The Morgan fingerprint density at radius 1 is 1.05 bits per heavy atom. The molecule has 2 aromatic rings. The Morgan fingerprint density at radius 3 is 2.35 bits per heavy atom. The molecule has 2 rings (SSSR count).